The smallest absolute Gasteiger partial charge is 0.338 e. The highest BCUT2D eigenvalue weighted by atomic mass is 35.5. The maximum absolute atomic E-state index is 12.7. The first-order valence-electron chi connectivity index (χ1n) is 21.1. The minimum Gasteiger partial charge on any atom is -0.456 e. The summed E-state index contributed by atoms with van der Waals surface area (Å²) in [5.41, 5.74) is 6.03. The number of rotatable bonds is 13. The first-order chi connectivity index (χ1) is 33.3. The number of carbonyl (C=O) groups is 2. The first-order valence-corrected chi connectivity index (χ1v) is 22.3. The van der Waals surface area contributed by atoms with E-state index >= 15 is 0 Å². The minimum atomic E-state index is -0.794. The van der Waals surface area contributed by atoms with E-state index in [1.54, 1.807) is 93.6 Å². The van der Waals surface area contributed by atoms with Crippen molar-refractivity contribution in [2.45, 2.75) is 52.0 Å². The predicted octanol–water partition coefficient (Wildman–Crippen LogP) is 13.5. The maximum Gasteiger partial charge on any atom is 0.338 e. The Labute approximate surface area is 413 Å². The van der Waals surface area contributed by atoms with Crippen molar-refractivity contribution in [3.8, 4) is 22.9 Å². The molecule has 0 fully saturated rings. The average Bonchev–Trinajstić information content (AvgIpc) is 4.08. The number of aromatic nitrogens is 4. The van der Waals surface area contributed by atoms with Gasteiger partial charge in [0.25, 0.3) is 5.24 Å². The highest BCUT2D eigenvalue weighted by Gasteiger charge is 2.30. The zero-order valence-corrected chi connectivity index (χ0v) is 39.7. The third-order valence-corrected chi connectivity index (χ3v) is 11.5. The third-order valence-electron chi connectivity index (χ3n) is 10.3. The molecule has 348 valence electrons. The van der Waals surface area contributed by atoms with Gasteiger partial charge in [0.1, 0.15) is 18.2 Å². The lowest BCUT2D eigenvalue weighted by Gasteiger charge is -2.24. The molecule has 0 spiro atoms. The molecule has 0 amide bonds. The van der Waals surface area contributed by atoms with Gasteiger partial charge in [0.15, 0.2) is 0 Å². The zero-order valence-electron chi connectivity index (χ0n) is 37.5. The Hall–Kier alpha value is -7.85. The van der Waals surface area contributed by atoms with Gasteiger partial charge in [-0.3, -0.25) is 4.79 Å². The summed E-state index contributed by atoms with van der Waals surface area (Å²) in [6.07, 6.45) is -1.48. The number of nitrogens with zero attached hydrogens (tertiary/aromatic N) is 6. The third kappa shape index (κ3) is 13.2. The van der Waals surface area contributed by atoms with Crippen LogP contribution < -0.4 is 10.6 Å². The summed E-state index contributed by atoms with van der Waals surface area (Å²) < 4.78 is 17.5. The van der Waals surface area contributed by atoms with Gasteiger partial charge >= 0.3 is 5.97 Å². The van der Waals surface area contributed by atoms with E-state index in [2.05, 4.69) is 40.7 Å². The largest absolute Gasteiger partial charge is 0.456 e. The molecule has 0 aliphatic carbocycles. The number of halogens is 3. The maximum atomic E-state index is 12.7. The fourth-order valence-corrected chi connectivity index (χ4v) is 7.03. The SMILES string of the molecule is O=C(Cl)c1ccccc1.[C-]#[N+]c1ccc(N[C@@H](c2nnc(-c3ccccc3)o2)[C@H](C)O)c(C)c1Cl.[C-]#[N+]c1ccc(N[C@@H](c2nnc(-c3ccccc3)o2)[C@H](C)OC(=O)c2ccccc2)c(C)c1Cl. The number of aliphatic hydroxyl groups excluding tert-OH is 1. The van der Waals surface area contributed by atoms with Crippen molar-refractivity contribution in [2.24, 2.45) is 0 Å². The van der Waals surface area contributed by atoms with Gasteiger partial charge in [-0.05, 0) is 99.0 Å². The van der Waals surface area contributed by atoms with Crippen LogP contribution in [0.3, 0.4) is 0 Å². The molecule has 0 saturated carbocycles. The summed E-state index contributed by atoms with van der Waals surface area (Å²) >= 11 is 17.8. The second-order valence-corrected chi connectivity index (χ2v) is 16.2. The lowest BCUT2D eigenvalue weighted by Crippen LogP contribution is -2.29. The summed E-state index contributed by atoms with van der Waals surface area (Å²) in [6.45, 7) is 21.4. The molecule has 0 bridgehead atoms. The fourth-order valence-electron chi connectivity index (χ4n) is 6.49. The summed E-state index contributed by atoms with van der Waals surface area (Å²) in [5.74, 6) is 0.773. The van der Waals surface area contributed by atoms with E-state index in [4.69, 9.17) is 61.5 Å². The summed E-state index contributed by atoms with van der Waals surface area (Å²) in [4.78, 5) is 29.9. The summed E-state index contributed by atoms with van der Waals surface area (Å²) in [7, 11) is 0. The van der Waals surface area contributed by atoms with E-state index in [9.17, 15) is 14.7 Å². The quantitative estimate of drug-likeness (QED) is 0.0567. The molecule has 8 aromatic rings. The number of carbonyl (C=O) groups excluding carboxylic acids is 2. The number of aliphatic hydroxyl groups is 1. The number of benzene rings is 6. The Morgan fingerprint density at radius 1 is 0.594 bits per heavy atom. The predicted molar refractivity (Wildman–Crippen MR) is 267 cm³/mol. The van der Waals surface area contributed by atoms with Crippen molar-refractivity contribution in [2.75, 3.05) is 10.6 Å². The van der Waals surface area contributed by atoms with Crippen LogP contribution in [0.25, 0.3) is 32.6 Å². The Balaban J connectivity index is 0.000000196. The monoisotopic (exact) mass is 980 g/mol. The molecule has 2 aromatic heterocycles. The Morgan fingerprint density at radius 2 is 0.986 bits per heavy atom. The number of anilines is 2. The lowest BCUT2D eigenvalue weighted by molar-refractivity contribution is 0.0282. The average molecular weight is 982 g/mol. The number of hydrogen-bond acceptors (Lipinski definition) is 12. The molecule has 0 radical (unpaired) electrons. The van der Waals surface area contributed by atoms with Crippen LogP contribution in [-0.4, -0.2) is 48.9 Å². The molecule has 0 aliphatic rings. The van der Waals surface area contributed by atoms with Gasteiger partial charge in [-0.15, -0.1) is 20.4 Å². The Bertz CT molecular complexity index is 3070. The van der Waals surface area contributed by atoms with Crippen LogP contribution in [0.1, 0.15) is 69.6 Å². The van der Waals surface area contributed by atoms with E-state index in [0.717, 1.165) is 11.1 Å². The number of nitrogens with one attached hydrogen (secondary N) is 2. The Morgan fingerprint density at radius 3 is 1.38 bits per heavy atom. The minimum absolute atomic E-state index is 0.247. The van der Waals surface area contributed by atoms with E-state index < -0.39 is 35.5 Å². The zero-order chi connectivity index (χ0) is 49.5. The van der Waals surface area contributed by atoms with E-state index in [1.165, 1.54) is 0 Å². The molecular formula is C52H43Cl3N8O6. The molecule has 0 aliphatic heterocycles. The van der Waals surface area contributed by atoms with Gasteiger partial charge in [-0.1, -0.05) is 120 Å². The second kappa shape index (κ2) is 24.3. The molecule has 0 unspecified atom stereocenters. The van der Waals surface area contributed by atoms with Crippen molar-refractivity contribution < 1.29 is 28.3 Å². The molecule has 3 N–H and O–H groups in total. The number of esters is 1. The molecule has 0 saturated heterocycles. The van der Waals surface area contributed by atoms with Gasteiger partial charge in [0, 0.05) is 28.1 Å². The van der Waals surface area contributed by atoms with Crippen LogP contribution >= 0.6 is 34.8 Å². The van der Waals surface area contributed by atoms with Crippen LogP contribution in [0.4, 0.5) is 22.7 Å². The molecule has 14 nitrogen and oxygen atoms in total. The molecule has 4 atom stereocenters. The van der Waals surface area contributed by atoms with Crippen LogP contribution in [-0.2, 0) is 4.74 Å². The van der Waals surface area contributed by atoms with Gasteiger partial charge < -0.3 is 29.3 Å². The highest BCUT2D eigenvalue weighted by molar-refractivity contribution is 6.67. The standard InChI is InChI=1S/C26H21ClN4O3.C19H17ClN4O2.C7H5ClO/c1-16-20(14-15-21(28-3)22(16)27)29-23(17(2)33-26(32)19-12-8-5-9-13-19)25-31-30-24(34-25)18-10-6-4-7-11-18;1-11-14(9-10-15(21-3)16(11)20)22-17(12(2)25)19-24-23-18(26-19)13-7-5-4-6-8-13;8-7(9)6-4-2-1-3-5-6/h4-15,17,23,29H,1-2H3;4-10,12,17,22,25H,1-2H3;1-5H/t17-,23+;12-,17+;/m00./s1. The number of hydrogen-bond donors (Lipinski definition) is 3. The topological polar surface area (TPSA) is 174 Å². The fraction of sp³-hybridized carbons (Fsp3) is 0.154. The van der Waals surface area contributed by atoms with Crippen LogP contribution in [0.5, 0.6) is 0 Å². The van der Waals surface area contributed by atoms with Crippen molar-refractivity contribution in [1.82, 2.24) is 20.4 Å². The molecule has 2 heterocycles. The van der Waals surface area contributed by atoms with Gasteiger partial charge in [0.05, 0.1) is 34.9 Å². The van der Waals surface area contributed by atoms with Crippen molar-refractivity contribution in [3.05, 3.63) is 213 Å². The Kier molecular flexibility index (Phi) is 17.8. The molecule has 8 rings (SSSR count). The first kappa shape index (κ1) is 50.6. The van der Waals surface area contributed by atoms with Crippen LogP contribution in [0.15, 0.2) is 154 Å². The molecule has 17 heteroatoms. The summed E-state index contributed by atoms with van der Waals surface area (Å²) in [5, 5.41) is 33.6. The van der Waals surface area contributed by atoms with Gasteiger partial charge in [0.2, 0.25) is 34.9 Å². The highest BCUT2D eigenvalue weighted by Crippen LogP contribution is 2.37. The van der Waals surface area contributed by atoms with Crippen LogP contribution in [0, 0.1) is 27.0 Å². The van der Waals surface area contributed by atoms with Crippen molar-refractivity contribution in [1.29, 1.82) is 0 Å². The van der Waals surface area contributed by atoms with Crippen molar-refractivity contribution >= 4 is 68.8 Å². The van der Waals surface area contributed by atoms with Gasteiger partial charge in [-0.2, -0.15) is 0 Å². The summed E-state index contributed by atoms with van der Waals surface area (Å²) in [6, 6.07) is 41.7. The normalized spacial score (nSPS) is 12.2. The van der Waals surface area contributed by atoms with E-state index in [0.29, 0.717) is 66.8 Å². The number of ether oxygens (including phenoxy) is 1. The molecule has 6 aromatic carbocycles. The van der Waals surface area contributed by atoms with E-state index in [-0.39, 0.29) is 11.8 Å². The van der Waals surface area contributed by atoms with Crippen LogP contribution in [0.2, 0.25) is 10.0 Å². The lowest BCUT2D eigenvalue weighted by atomic mass is 10.1. The second-order valence-electron chi connectivity index (χ2n) is 15.1. The van der Waals surface area contributed by atoms with Crippen molar-refractivity contribution in [3.63, 3.8) is 0 Å². The molecule has 69 heavy (non-hydrogen) atoms. The van der Waals surface area contributed by atoms with E-state index in [1.807, 2.05) is 79.7 Å². The molecular weight excluding hydrogens is 939 g/mol. The van der Waals surface area contributed by atoms with Gasteiger partial charge in [-0.25, -0.2) is 14.5 Å².